The summed E-state index contributed by atoms with van der Waals surface area (Å²) in [7, 11) is 0. The lowest BCUT2D eigenvalue weighted by Gasteiger charge is -2.06. The number of nitrogens with zero attached hydrogens (tertiary/aromatic N) is 5. The number of fused-ring (bicyclic) bond motifs is 2. The molecule has 0 bridgehead atoms. The van der Waals surface area contributed by atoms with E-state index in [4.69, 9.17) is 0 Å². The molecular formula is C17H12F3N5S. The molecule has 0 saturated carbocycles. The second kappa shape index (κ2) is 6.24. The lowest BCUT2D eigenvalue weighted by Crippen LogP contribution is -2.09. The minimum Gasteiger partial charge on any atom is -0.246 e. The molecule has 0 atom stereocenters. The van der Waals surface area contributed by atoms with E-state index < -0.39 is 11.9 Å². The van der Waals surface area contributed by atoms with Crippen molar-refractivity contribution >= 4 is 28.3 Å². The van der Waals surface area contributed by atoms with E-state index in [1.54, 1.807) is 11.8 Å². The van der Waals surface area contributed by atoms with Crippen molar-refractivity contribution in [1.82, 2.24) is 24.6 Å². The number of hydrogen-bond acceptors (Lipinski definition) is 5. The molecule has 3 heterocycles. The average Bonchev–Trinajstić information content (AvgIpc) is 3.03. The fourth-order valence-corrected chi connectivity index (χ4v) is 3.36. The molecule has 26 heavy (non-hydrogen) atoms. The third kappa shape index (κ3) is 2.98. The van der Waals surface area contributed by atoms with Gasteiger partial charge in [0.1, 0.15) is 5.69 Å². The molecule has 0 unspecified atom stereocenters. The molecule has 0 N–H and O–H groups in total. The van der Waals surface area contributed by atoms with Crippen molar-refractivity contribution in [3.63, 3.8) is 0 Å². The predicted octanol–water partition coefficient (Wildman–Crippen LogP) is 4.47. The first kappa shape index (κ1) is 16.8. The molecule has 0 aliphatic carbocycles. The predicted molar refractivity (Wildman–Crippen MR) is 92.9 cm³/mol. The van der Waals surface area contributed by atoms with Crippen LogP contribution in [-0.4, -0.2) is 30.3 Å². The highest BCUT2D eigenvalue weighted by Crippen LogP contribution is 2.32. The monoisotopic (exact) mass is 375 g/mol. The second-order valence-corrected chi connectivity index (χ2v) is 6.78. The Hall–Kier alpha value is -2.68. The Kier molecular flexibility index (Phi) is 4.03. The van der Waals surface area contributed by atoms with Crippen molar-refractivity contribution in [2.45, 2.75) is 18.0 Å². The van der Waals surface area contributed by atoms with Crippen molar-refractivity contribution < 1.29 is 13.2 Å². The Morgan fingerprint density at radius 2 is 1.96 bits per heavy atom. The summed E-state index contributed by atoms with van der Waals surface area (Å²) in [4.78, 5) is 13.2. The summed E-state index contributed by atoms with van der Waals surface area (Å²) in [6.45, 7) is 2.01. The first-order chi connectivity index (χ1) is 12.5. The lowest BCUT2D eigenvalue weighted by atomic mass is 10.2. The zero-order valence-corrected chi connectivity index (χ0v) is 14.3. The molecule has 9 heteroatoms. The number of halogens is 3. The number of benzene rings is 1. The van der Waals surface area contributed by atoms with Crippen LogP contribution in [0.2, 0.25) is 0 Å². The summed E-state index contributed by atoms with van der Waals surface area (Å²) in [5, 5.41) is 5.18. The number of alkyl halides is 3. The van der Waals surface area contributed by atoms with Crippen LogP contribution >= 0.6 is 11.8 Å². The highest BCUT2D eigenvalue weighted by atomic mass is 32.2. The maximum absolute atomic E-state index is 12.8. The summed E-state index contributed by atoms with van der Waals surface area (Å²) in [6, 6.07) is 9.64. The van der Waals surface area contributed by atoms with Crippen LogP contribution in [0, 0.1) is 0 Å². The van der Waals surface area contributed by atoms with Gasteiger partial charge in [-0.3, -0.25) is 0 Å². The highest BCUT2D eigenvalue weighted by molar-refractivity contribution is 7.99. The molecule has 5 nitrogen and oxygen atoms in total. The molecule has 0 radical (unpaired) electrons. The minimum absolute atomic E-state index is 0.232. The van der Waals surface area contributed by atoms with Gasteiger partial charge in [-0.1, -0.05) is 25.1 Å². The van der Waals surface area contributed by atoms with Crippen molar-refractivity contribution in [2.75, 3.05) is 5.75 Å². The van der Waals surface area contributed by atoms with Gasteiger partial charge in [-0.2, -0.15) is 13.2 Å². The third-order valence-electron chi connectivity index (χ3n) is 3.71. The van der Waals surface area contributed by atoms with E-state index in [-0.39, 0.29) is 11.5 Å². The zero-order chi connectivity index (χ0) is 18.3. The maximum Gasteiger partial charge on any atom is 0.434 e. The van der Waals surface area contributed by atoms with Crippen molar-refractivity contribution in [3.05, 3.63) is 48.4 Å². The molecule has 0 fully saturated rings. The van der Waals surface area contributed by atoms with Crippen molar-refractivity contribution in [2.24, 2.45) is 0 Å². The number of hydrogen-bond donors (Lipinski definition) is 0. The Labute approximate surface area is 150 Å². The molecule has 4 aromatic rings. The minimum atomic E-state index is -4.54. The van der Waals surface area contributed by atoms with Gasteiger partial charge in [-0.25, -0.2) is 19.5 Å². The van der Waals surface area contributed by atoms with E-state index in [0.29, 0.717) is 5.69 Å². The van der Waals surface area contributed by atoms with Gasteiger partial charge in [-0.05, 0) is 17.9 Å². The molecule has 3 aromatic heterocycles. The van der Waals surface area contributed by atoms with Gasteiger partial charge in [0.2, 0.25) is 5.82 Å². The number of pyridine rings is 1. The van der Waals surface area contributed by atoms with Gasteiger partial charge in [0.25, 0.3) is 0 Å². The quantitative estimate of drug-likeness (QED) is 0.495. The fraction of sp³-hybridized carbons (Fsp3) is 0.176. The first-order valence-electron chi connectivity index (χ1n) is 7.78. The van der Waals surface area contributed by atoms with Crippen LogP contribution in [0.5, 0.6) is 0 Å². The van der Waals surface area contributed by atoms with Gasteiger partial charge in [0.05, 0.1) is 17.9 Å². The van der Waals surface area contributed by atoms with E-state index in [1.807, 2.05) is 37.3 Å². The van der Waals surface area contributed by atoms with Crippen LogP contribution in [0.4, 0.5) is 13.2 Å². The number of aromatic nitrogens is 5. The van der Waals surface area contributed by atoms with Crippen molar-refractivity contribution in [3.8, 4) is 11.5 Å². The topological polar surface area (TPSA) is 56.0 Å². The van der Waals surface area contributed by atoms with Crippen LogP contribution in [0.25, 0.3) is 28.1 Å². The van der Waals surface area contributed by atoms with E-state index in [1.165, 1.54) is 0 Å². The smallest absolute Gasteiger partial charge is 0.246 e. The second-order valence-electron chi connectivity index (χ2n) is 5.47. The average molecular weight is 375 g/mol. The van der Waals surface area contributed by atoms with Crippen LogP contribution in [-0.2, 0) is 6.18 Å². The van der Waals surface area contributed by atoms with Gasteiger partial charge < -0.3 is 0 Å². The summed E-state index contributed by atoms with van der Waals surface area (Å²) in [5.74, 6) is 1.09. The van der Waals surface area contributed by atoms with Crippen LogP contribution in [0.15, 0.2) is 47.6 Å². The molecule has 0 amide bonds. The Morgan fingerprint density at radius 3 is 2.73 bits per heavy atom. The first-order valence-corrected chi connectivity index (χ1v) is 8.77. The molecule has 0 aliphatic rings. The largest absolute Gasteiger partial charge is 0.434 e. The van der Waals surface area contributed by atoms with E-state index in [9.17, 15) is 13.2 Å². The van der Waals surface area contributed by atoms with Gasteiger partial charge in [0.15, 0.2) is 11.3 Å². The fourth-order valence-electron chi connectivity index (χ4n) is 2.56. The highest BCUT2D eigenvalue weighted by Gasteiger charge is 2.33. The SMILES string of the molecule is CCSc1cc2ccccc2nc1-c1nc2cnc(C(F)(F)F)cn2n1. The lowest BCUT2D eigenvalue weighted by molar-refractivity contribution is -0.141. The van der Waals surface area contributed by atoms with Crippen LogP contribution < -0.4 is 0 Å². The molecule has 0 aliphatic heterocycles. The standard InChI is InChI=1S/C17H12F3N5S/c1-2-26-12-7-10-5-3-4-6-11(10)22-15(12)16-23-14-8-21-13(17(18,19)20)9-25(14)24-16/h3-9H,2H2,1H3. The molecule has 0 spiro atoms. The van der Waals surface area contributed by atoms with Gasteiger partial charge in [0, 0.05) is 10.3 Å². The number of rotatable bonds is 3. The molecule has 1 aromatic carbocycles. The Balaban J connectivity index is 1.89. The summed E-state index contributed by atoms with van der Waals surface area (Å²) >= 11 is 1.58. The van der Waals surface area contributed by atoms with Gasteiger partial charge >= 0.3 is 6.18 Å². The van der Waals surface area contributed by atoms with Crippen LogP contribution in [0.3, 0.4) is 0 Å². The van der Waals surface area contributed by atoms with Gasteiger partial charge in [-0.15, -0.1) is 16.9 Å². The van der Waals surface area contributed by atoms with E-state index >= 15 is 0 Å². The summed E-state index contributed by atoms with van der Waals surface area (Å²) < 4.78 is 39.6. The Morgan fingerprint density at radius 1 is 1.15 bits per heavy atom. The molecule has 132 valence electrons. The summed E-state index contributed by atoms with van der Waals surface area (Å²) in [6.07, 6.45) is -2.64. The van der Waals surface area contributed by atoms with E-state index in [2.05, 4.69) is 20.1 Å². The van der Waals surface area contributed by atoms with Crippen molar-refractivity contribution in [1.29, 1.82) is 0 Å². The summed E-state index contributed by atoms with van der Waals surface area (Å²) in [5.41, 5.74) is 0.537. The molecule has 4 rings (SSSR count). The third-order valence-corrected chi connectivity index (χ3v) is 4.62. The molecule has 0 saturated heterocycles. The van der Waals surface area contributed by atoms with Crippen LogP contribution in [0.1, 0.15) is 12.6 Å². The molecular weight excluding hydrogens is 363 g/mol. The van der Waals surface area contributed by atoms with E-state index in [0.717, 1.165) is 38.5 Å². The number of thioether (sulfide) groups is 1. The normalized spacial score (nSPS) is 12.2. The maximum atomic E-state index is 12.8. The number of para-hydroxylation sites is 1. The Bertz CT molecular complexity index is 1110. The zero-order valence-electron chi connectivity index (χ0n) is 13.5.